The van der Waals surface area contributed by atoms with Crippen LogP contribution in [0.2, 0.25) is 0 Å². The highest BCUT2D eigenvalue weighted by Gasteiger charge is 2.21. The Labute approximate surface area is 106 Å². The molecule has 2 atom stereocenters. The van der Waals surface area contributed by atoms with Gasteiger partial charge in [-0.1, -0.05) is 26.2 Å². The monoisotopic (exact) mass is 282 g/mol. The van der Waals surface area contributed by atoms with Crippen molar-refractivity contribution in [1.29, 1.82) is 0 Å². The molecule has 0 radical (unpaired) electrons. The van der Waals surface area contributed by atoms with E-state index < -0.39 is 0 Å². The Kier molecular flexibility index (Phi) is 4.22. The molecule has 0 spiro atoms. The van der Waals surface area contributed by atoms with Crippen LogP contribution in [-0.4, -0.2) is 11.0 Å². The molecule has 0 saturated heterocycles. The van der Waals surface area contributed by atoms with Crippen LogP contribution in [0, 0.1) is 5.92 Å². The second-order valence-corrected chi connectivity index (χ2v) is 5.47. The molecule has 0 aromatic carbocycles. The summed E-state index contributed by atoms with van der Waals surface area (Å²) in [5, 5.41) is 3.56. The normalized spacial score (nSPS) is 25.4. The van der Waals surface area contributed by atoms with E-state index >= 15 is 0 Å². The predicted molar refractivity (Wildman–Crippen MR) is 71.6 cm³/mol. The fraction of sp³-hybridized carbons (Fsp3) is 0.615. The molecule has 0 aliphatic heterocycles. The van der Waals surface area contributed by atoms with Crippen LogP contribution in [0.5, 0.6) is 0 Å². The minimum absolute atomic E-state index is 0.602. The van der Waals surface area contributed by atoms with Crippen LogP contribution in [0.25, 0.3) is 0 Å². The van der Waals surface area contributed by atoms with Crippen molar-refractivity contribution in [3.8, 4) is 0 Å². The summed E-state index contributed by atoms with van der Waals surface area (Å²) in [5.74, 6) is 1.89. The van der Waals surface area contributed by atoms with Gasteiger partial charge in [0.25, 0.3) is 0 Å². The molecule has 1 aliphatic carbocycles. The molecule has 1 aliphatic rings. The van der Waals surface area contributed by atoms with Crippen molar-refractivity contribution in [1.82, 2.24) is 4.98 Å². The third-order valence-corrected chi connectivity index (χ3v) is 4.10. The Hall–Kier alpha value is -0.570. The summed E-state index contributed by atoms with van der Waals surface area (Å²) in [6, 6.07) is 4.59. The molecule has 88 valence electrons. The number of hydrogen-bond acceptors (Lipinski definition) is 2. The lowest BCUT2D eigenvalue weighted by molar-refractivity contribution is 0.327. The Balaban J connectivity index is 1.97. The SMILES string of the molecule is CCC1CCCC(Nc2ncccc2Br)C1. The van der Waals surface area contributed by atoms with Crippen LogP contribution in [-0.2, 0) is 0 Å². The van der Waals surface area contributed by atoms with Gasteiger partial charge < -0.3 is 5.32 Å². The largest absolute Gasteiger partial charge is 0.366 e. The first-order valence-corrected chi connectivity index (χ1v) is 6.96. The molecular weight excluding hydrogens is 264 g/mol. The quantitative estimate of drug-likeness (QED) is 0.898. The number of nitrogens with one attached hydrogen (secondary N) is 1. The second-order valence-electron chi connectivity index (χ2n) is 4.62. The zero-order valence-corrected chi connectivity index (χ0v) is 11.3. The summed E-state index contributed by atoms with van der Waals surface area (Å²) in [4.78, 5) is 4.37. The van der Waals surface area contributed by atoms with Gasteiger partial charge in [-0.05, 0) is 46.8 Å². The number of hydrogen-bond donors (Lipinski definition) is 1. The number of pyridine rings is 1. The number of aromatic nitrogens is 1. The summed E-state index contributed by atoms with van der Waals surface area (Å²) < 4.78 is 1.06. The molecule has 1 fully saturated rings. The third kappa shape index (κ3) is 2.97. The van der Waals surface area contributed by atoms with Crippen LogP contribution in [0.15, 0.2) is 22.8 Å². The highest BCUT2D eigenvalue weighted by molar-refractivity contribution is 9.10. The molecule has 1 aromatic rings. The van der Waals surface area contributed by atoms with Gasteiger partial charge in [-0.25, -0.2) is 4.98 Å². The van der Waals surface area contributed by atoms with Crippen LogP contribution >= 0.6 is 15.9 Å². The molecular formula is C13H19BrN2. The molecule has 16 heavy (non-hydrogen) atoms. The molecule has 1 saturated carbocycles. The van der Waals surface area contributed by atoms with E-state index in [4.69, 9.17) is 0 Å². The first kappa shape index (κ1) is 11.9. The maximum atomic E-state index is 4.37. The summed E-state index contributed by atoms with van der Waals surface area (Å²) >= 11 is 3.53. The Bertz CT molecular complexity index is 340. The number of halogens is 1. The Morgan fingerprint density at radius 2 is 2.38 bits per heavy atom. The summed E-state index contributed by atoms with van der Waals surface area (Å²) in [6.07, 6.45) is 8.46. The summed E-state index contributed by atoms with van der Waals surface area (Å²) in [7, 11) is 0. The van der Waals surface area contributed by atoms with Gasteiger partial charge in [0.2, 0.25) is 0 Å². The van der Waals surface area contributed by atoms with Gasteiger partial charge in [-0.15, -0.1) is 0 Å². The highest BCUT2D eigenvalue weighted by Crippen LogP contribution is 2.29. The van der Waals surface area contributed by atoms with Gasteiger partial charge in [0, 0.05) is 12.2 Å². The van der Waals surface area contributed by atoms with E-state index in [0.29, 0.717) is 6.04 Å². The summed E-state index contributed by atoms with van der Waals surface area (Å²) in [5.41, 5.74) is 0. The van der Waals surface area contributed by atoms with Gasteiger partial charge in [-0.3, -0.25) is 0 Å². The molecule has 0 bridgehead atoms. The third-order valence-electron chi connectivity index (χ3n) is 3.46. The van der Waals surface area contributed by atoms with E-state index in [0.717, 1.165) is 16.2 Å². The maximum absolute atomic E-state index is 4.37. The van der Waals surface area contributed by atoms with Gasteiger partial charge in [0.15, 0.2) is 0 Å². The minimum Gasteiger partial charge on any atom is -0.366 e. The lowest BCUT2D eigenvalue weighted by Crippen LogP contribution is -2.27. The Morgan fingerprint density at radius 3 is 3.12 bits per heavy atom. The number of anilines is 1. The molecule has 1 N–H and O–H groups in total. The second kappa shape index (κ2) is 5.67. The van der Waals surface area contributed by atoms with Crippen LogP contribution in [0.4, 0.5) is 5.82 Å². The maximum Gasteiger partial charge on any atom is 0.140 e. The topological polar surface area (TPSA) is 24.9 Å². The van der Waals surface area contributed by atoms with E-state index in [1.54, 1.807) is 0 Å². The average Bonchev–Trinajstić information content (AvgIpc) is 2.32. The van der Waals surface area contributed by atoms with E-state index in [1.165, 1.54) is 32.1 Å². The first-order valence-electron chi connectivity index (χ1n) is 6.16. The van der Waals surface area contributed by atoms with Crippen molar-refractivity contribution in [2.75, 3.05) is 5.32 Å². The van der Waals surface area contributed by atoms with Crippen LogP contribution in [0.1, 0.15) is 39.0 Å². The molecule has 0 amide bonds. The van der Waals surface area contributed by atoms with Gasteiger partial charge in [0.1, 0.15) is 5.82 Å². The van der Waals surface area contributed by atoms with Crippen molar-refractivity contribution < 1.29 is 0 Å². The molecule has 1 aromatic heterocycles. The standard InChI is InChI=1S/C13H19BrN2/c1-2-10-5-3-6-11(9-10)16-13-12(14)7-4-8-15-13/h4,7-8,10-11H,2-3,5-6,9H2,1H3,(H,15,16). The molecule has 1 heterocycles. The van der Waals surface area contributed by atoms with Crippen molar-refractivity contribution >= 4 is 21.7 Å². The lowest BCUT2D eigenvalue weighted by Gasteiger charge is -2.29. The molecule has 2 nitrogen and oxygen atoms in total. The first-order chi connectivity index (χ1) is 7.79. The highest BCUT2D eigenvalue weighted by atomic mass is 79.9. The molecule has 2 unspecified atom stereocenters. The van der Waals surface area contributed by atoms with Crippen molar-refractivity contribution in [2.45, 2.75) is 45.1 Å². The molecule has 2 rings (SSSR count). The van der Waals surface area contributed by atoms with Crippen LogP contribution in [0.3, 0.4) is 0 Å². The smallest absolute Gasteiger partial charge is 0.140 e. The summed E-state index contributed by atoms with van der Waals surface area (Å²) in [6.45, 7) is 2.30. The van der Waals surface area contributed by atoms with Crippen molar-refractivity contribution in [2.24, 2.45) is 5.92 Å². The predicted octanol–water partition coefficient (Wildman–Crippen LogP) is 4.22. The van der Waals surface area contributed by atoms with E-state index in [-0.39, 0.29) is 0 Å². The molecule has 3 heteroatoms. The number of rotatable bonds is 3. The van der Waals surface area contributed by atoms with E-state index in [2.05, 4.69) is 33.2 Å². The lowest BCUT2D eigenvalue weighted by atomic mass is 9.84. The zero-order valence-electron chi connectivity index (χ0n) is 9.75. The van der Waals surface area contributed by atoms with Gasteiger partial charge >= 0.3 is 0 Å². The zero-order chi connectivity index (χ0) is 11.4. The van der Waals surface area contributed by atoms with Crippen molar-refractivity contribution in [3.63, 3.8) is 0 Å². The van der Waals surface area contributed by atoms with E-state index in [1.807, 2.05) is 18.3 Å². The number of nitrogens with zero attached hydrogens (tertiary/aromatic N) is 1. The van der Waals surface area contributed by atoms with Gasteiger partial charge in [0.05, 0.1) is 4.47 Å². The van der Waals surface area contributed by atoms with Crippen LogP contribution < -0.4 is 5.32 Å². The minimum atomic E-state index is 0.602. The van der Waals surface area contributed by atoms with Gasteiger partial charge in [-0.2, -0.15) is 0 Å². The van der Waals surface area contributed by atoms with Crippen molar-refractivity contribution in [3.05, 3.63) is 22.8 Å². The average molecular weight is 283 g/mol. The van der Waals surface area contributed by atoms with E-state index in [9.17, 15) is 0 Å². The Morgan fingerprint density at radius 1 is 1.50 bits per heavy atom. The fourth-order valence-corrected chi connectivity index (χ4v) is 2.85. The fourth-order valence-electron chi connectivity index (χ4n) is 2.48.